The number of rotatable bonds is 1. The SMILES string of the molecule is ClC1CCC(c2ccc3c(c2)CCC3)C1. The molecule has 1 saturated carbocycles. The van der Waals surface area contributed by atoms with E-state index in [0.717, 1.165) is 5.92 Å². The van der Waals surface area contributed by atoms with Crippen molar-refractivity contribution in [3.05, 3.63) is 34.9 Å². The zero-order valence-corrected chi connectivity index (χ0v) is 9.76. The normalized spacial score (nSPS) is 29.4. The molecule has 3 rings (SSSR count). The number of fused-ring (bicyclic) bond motifs is 1. The molecule has 1 aromatic rings. The summed E-state index contributed by atoms with van der Waals surface area (Å²) in [5, 5.41) is 0.420. The van der Waals surface area contributed by atoms with Gasteiger partial charge in [0.25, 0.3) is 0 Å². The van der Waals surface area contributed by atoms with E-state index in [4.69, 9.17) is 11.6 Å². The monoisotopic (exact) mass is 220 g/mol. The minimum absolute atomic E-state index is 0.420. The summed E-state index contributed by atoms with van der Waals surface area (Å²) in [7, 11) is 0. The van der Waals surface area contributed by atoms with Crippen LogP contribution in [0.25, 0.3) is 0 Å². The van der Waals surface area contributed by atoms with Gasteiger partial charge in [-0.05, 0) is 61.1 Å². The van der Waals surface area contributed by atoms with Gasteiger partial charge in [-0.15, -0.1) is 11.6 Å². The third-order valence-corrected chi connectivity index (χ3v) is 4.36. The van der Waals surface area contributed by atoms with Gasteiger partial charge in [-0.1, -0.05) is 18.2 Å². The fourth-order valence-corrected chi connectivity index (χ4v) is 3.42. The maximum atomic E-state index is 6.17. The highest BCUT2D eigenvalue weighted by Crippen LogP contribution is 2.38. The summed E-state index contributed by atoms with van der Waals surface area (Å²) < 4.78 is 0. The van der Waals surface area contributed by atoms with Crippen LogP contribution in [0.15, 0.2) is 18.2 Å². The van der Waals surface area contributed by atoms with Gasteiger partial charge in [-0.2, -0.15) is 0 Å². The third kappa shape index (κ3) is 1.80. The average Bonchev–Trinajstić information content (AvgIpc) is 2.84. The second kappa shape index (κ2) is 3.83. The van der Waals surface area contributed by atoms with Gasteiger partial charge in [0.15, 0.2) is 0 Å². The first-order chi connectivity index (χ1) is 7.33. The van der Waals surface area contributed by atoms with Gasteiger partial charge < -0.3 is 0 Å². The largest absolute Gasteiger partial charge is 0.123 e. The van der Waals surface area contributed by atoms with Crippen molar-refractivity contribution in [1.82, 2.24) is 0 Å². The van der Waals surface area contributed by atoms with Crippen molar-refractivity contribution in [1.29, 1.82) is 0 Å². The maximum absolute atomic E-state index is 6.17. The Kier molecular flexibility index (Phi) is 2.48. The number of alkyl halides is 1. The molecule has 0 N–H and O–H groups in total. The highest BCUT2D eigenvalue weighted by Gasteiger charge is 2.25. The Labute approximate surface area is 96.6 Å². The molecule has 2 atom stereocenters. The molecule has 1 heteroatoms. The zero-order valence-electron chi connectivity index (χ0n) is 9.01. The summed E-state index contributed by atoms with van der Waals surface area (Å²) in [5.41, 5.74) is 4.73. The van der Waals surface area contributed by atoms with Crippen LogP contribution in [0.1, 0.15) is 48.3 Å². The predicted octanol–water partition coefficient (Wildman–Crippen LogP) is 4.05. The summed E-state index contributed by atoms with van der Waals surface area (Å²) in [5.74, 6) is 0.735. The van der Waals surface area contributed by atoms with Crippen LogP contribution in [0.4, 0.5) is 0 Å². The zero-order chi connectivity index (χ0) is 10.3. The first kappa shape index (κ1) is 9.72. The van der Waals surface area contributed by atoms with Crippen LogP contribution in [0, 0.1) is 0 Å². The third-order valence-electron chi connectivity index (χ3n) is 3.96. The molecule has 15 heavy (non-hydrogen) atoms. The van der Waals surface area contributed by atoms with Gasteiger partial charge in [-0.3, -0.25) is 0 Å². The smallest absolute Gasteiger partial charge is 0.0342 e. The Bertz CT molecular complexity index is 370. The lowest BCUT2D eigenvalue weighted by Crippen LogP contribution is -1.96. The fraction of sp³-hybridized carbons (Fsp3) is 0.571. The van der Waals surface area contributed by atoms with Gasteiger partial charge in [0, 0.05) is 5.38 Å². The van der Waals surface area contributed by atoms with E-state index in [1.807, 2.05) is 0 Å². The minimum atomic E-state index is 0.420. The molecular formula is C14H17Cl. The van der Waals surface area contributed by atoms with Crippen LogP contribution < -0.4 is 0 Å². The maximum Gasteiger partial charge on any atom is 0.0342 e. The van der Waals surface area contributed by atoms with E-state index in [9.17, 15) is 0 Å². The molecule has 0 aliphatic heterocycles. The summed E-state index contributed by atoms with van der Waals surface area (Å²) in [6, 6.07) is 7.13. The van der Waals surface area contributed by atoms with Gasteiger partial charge in [0.2, 0.25) is 0 Å². The number of aryl methyl sites for hydroxylation is 2. The number of halogens is 1. The molecule has 1 aromatic carbocycles. The second-order valence-electron chi connectivity index (χ2n) is 4.99. The van der Waals surface area contributed by atoms with Gasteiger partial charge in [0.1, 0.15) is 0 Å². The van der Waals surface area contributed by atoms with Crippen LogP contribution in [0.3, 0.4) is 0 Å². The molecule has 0 nitrogen and oxygen atoms in total. The van der Waals surface area contributed by atoms with Crippen molar-refractivity contribution in [3.63, 3.8) is 0 Å². The fourth-order valence-electron chi connectivity index (χ4n) is 3.07. The first-order valence-electron chi connectivity index (χ1n) is 6.09. The number of hydrogen-bond donors (Lipinski definition) is 0. The van der Waals surface area contributed by atoms with E-state index in [1.54, 1.807) is 16.7 Å². The second-order valence-corrected chi connectivity index (χ2v) is 5.61. The van der Waals surface area contributed by atoms with Crippen LogP contribution >= 0.6 is 11.6 Å². The van der Waals surface area contributed by atoms with E-state index < -0.39 is 0 Å². The van der Waals surface area contributed by atoms with E-state index in [2.05, 4.69) is 18.2 Å². The molecule has 2 aliphatic rings. The van der Waals surface area contributed by atoms with E-state index in [0.29, 0.717) is 5.38 Å². The molecule has 80 valence electrons. The number of hydrogen-bond acceptors (Lipinski definition) is 0. The Morgan fingerprint density at radius 1 is 1.07 bits per heavy atom. The van der Waals surface area contributed by atoms with Crippen molar-refractivity contribution < 1.29 is 0 Å². The summed E-state index contributed by atoms with van der Waals surface area (Å²) in [4.78, 5) is 0. The lowest BCUT2D eigenvalue weighted by atomic mass is 9.94. The molecule has 0 amide bonds. The van der Waals surface area contributed by atoms with Crippen molar-refractivity contribution in [2.24, 2.45) is 0 Å². The van der Waals surface area contributed by atoms with Crippen molar-refractivity contribution in [3.8, 4) is 0 Å². The van der Waals surface area contributed by atoms with Crippen LogP contribution in [0.5, 0.6) is 0 Å². The molecule has 0 spiro atoms. The van der Waals surface area contributed by atoms with Crippen molar-refractivity contribution in [2.45, 2.75) is 49.8 Å². The molecule has 0 bridgehead atoms. The lowest BCUT2D eigenvalue weighted by Gasteiger charge is -2.11. The summed E-state index contributed by atoms with van der Waals surface area (Å²) >= 11 is 6.17. The molecule has 1 fully saturated rings. The average molecular weight is 221 g/mol. The minimum Gasteiger partial charge on any atom is -0.123 e. The van der Waals surface area contributed by atoms with Crippen LogP contribution in [0.2, 0.25) is 0 Å². The van der Waals surface area contributed by atoms with Crippen molar-refractivity contribution in [2.75, 3.05) is 0 Å². The van der Waals surface area contributed by atoms with E-state index >= 15 is 0 Å². The molecule has 0 heterocycles. The van der Waals surface area contributed by atoms with E-state index in [-0.39, 0.29) is 0 Å². The first-order valence-corrected chi connectivity index (χ1v) is 6.52. The molecular weight excluding hydrogens is 204 g/mol. The quantitative estimate of drug-likeness (QED) is 0.627. The Morgan fingerprint density at radius 3 is 2.73 bits per heavy atom. The van der Waals surface area contributed by atoms with Gasteiger partial charge in [0.05, 0.1) is 0 Å². The molecule has 0 radical (unpaired) electrons. The Hall–Kier alpha value is -0.490. The van der Waals surface area contributed by atoms with Crippen LogP contribution in [-0.2, 0) is 12.8 Å². The highest BCUT2D eigenvalue weighted by molar-refractivity contribution is 6.20. The molecule has 2 aliphatic carbocycles. The molecule has 0 aromatic heterocycles. The molecule has 0 saturated heterocycles. The number of benzene rings is 1. The standard InChI is InChI=1S/C14H17Cl/c15-14-7-6-13(9-14)12-5-4-10-2-1-3-11(10)8-12/h4-5,8,13-14H,1-3,6-7,9H2. The van der Waals surface area contributed by atoms with Crippen molar-refractivity contribution >= 4 is 11.6 Å². The predicted molar refractivity (Wildman–Crippen MR) is 64.7 cm³/mol. The highest BCUT2D eigenvalue weighted by atomic mass is 35.5. The summed E-state index contributed by atoms with van der Waals surface area (Å²) in [6.07, 6.45) is 7.59. The Morgan fingerprint density at radius 2 is 1.93 bits per heavy atom. The van der Waals surface area contributed by atoms with Gasteiger partial charge >= 0.3 is 0 Å². The topological polar surface area (TPSA) is 0 Å². The lowest BCUT2D eigenvalue weighted by molar-refractivity contribution is 0.723. The van der Waals surface area contributed by atoms with Crippen LogP contribution in [-0.4, -0.2) is 5.38 Å². The molecule has 2 unspecified atom stereocenters. The van der Waals surface area contributed by atoms with Gasteiger partial charge in [-0.25, -0.2) is 0 Å². The van der Waals surface area contributed by atoms with E-state index in [1.165, 1.54) is 38.5 Å². The summed E-state index contributed by atoms with van der Waals surface area (Å²) in [6.45, 7) is 0. The Balaban J connectivity index is 1.87.